The van der Waals surface area contributed by atoms with Crippen molar-refractivity contribution in [3.63, 3.8) is 0 Å². The normalized spacial score (nSPS) is 10.3. The van der Waals surface area contributed by atoms with Crippen molar-refractivity contribution < 1.29 is 18.4 Å². The predicted octanol–water partition coefficient (Wildman–Crippen LogP) is 2.30. The third-order valence-electron chi connectivity index (χ3n) is 3.54. The number of nitrogens with zero attached hydrogens (tertiary/aromatic N) is 2. The Morgan fingerprint density at radius 3 is 2.74 bits per heavy atom. The number of amides is 2. The van der Waals surface area contributed by atoms with Crippen LogP contribution in [0.15, 0.2) is 59.8 Å². The van der Waals surface area contributed by atoms with Gasteiger partial charge >= 0.3 is 0 Å². The summed E-state index contributed by atoms with van der Waals surface area (Å²) in [7, 11) is 0. The molecule has 2 heterocycles. The van der Waals surface area contributed by atoms with Crippen molar-refractivity contribution in [3.05, 3.63) is 72.3 Å². The summed E-state index contributed by atoms with van der Waals surface area (Å²) < 4.78 is 18.4. The van der Waals surface area contributed by atoms with Crippen molar-refractivity contribution in [1.29, 1.82) is 0 Å². The van der Waals surface area contributed by atoms with Crippen LogP contribution in [0.5, 0.6) is 0 Å². The largest absolute Gasteiger partial charge is 0.472 e. The monoisotopic (exact) mass is 369 g/mol. The maximum Gasteiger partial charge on any atom is 0.258 e. The molecule has 27 heavy (non-hydrogen) atoms. The molecule has 2 amide bonds. The summed E-state index contributed by atoms with van der Waals surface area (Å²) in [5.41, 5.74) is 0.479. The number of carbonyl (C=O) groups excluding carboxylic acids is 2. The van der Waals surface area contributed by atoms with Gasteiger partial charge in [0.05, 0.1) is 29.3 Å². The fraction of sp³-hybridized carbons (Fsp3) is 0.111. The van der Waals surface area contributed by atoms with Crippen LogP contribution in [-0.2, 0) is 0 Å². The third kappa shape index (κ3) is 4.88. The molecule has 0 unspecified atom stereocenters. The number of halogens is 1. The lowest BCUT2D eigenvalue weighted by atomic mass is 10.1. The zero-order chi connectivity index (χ0) is 19.1. The Labute approximate surface area is 153 Å². The highest BCUT2D eigenvalue weighted by molar-refractivity contribution is 6.08. The van der Waals surface area contributed by atoms with Crippen molar-refractivity contribution in [2.24, 2.45) is 0 Å². The molecule has 3 rings (SSSR count). The van der Waals surface area contributed by atoms with Crippen molar-refractivity contribution in [3.8, 4) is 0 Å². The fourth-order valence-corrected chi connectivity index (χ4v) is 2.26. The van der Waals surface area contributed by atoms with E-state index in [1.165, 1.54) is 24.7 Å². The standard InChI is InChI=1S/C18H16FN5O3/c19-13-1-2-14(15(9-13)24-17(25)12-3-8-27-11-12)18(26)23-7-6-22-16-10-20-4-5-21-16/h1-5,8-11H,6-7H2,(H,21,22)(H,23,26)(H,24,25). The van der Waals surface area contributed by atoms with Crippen LogP contribution in [0.3, 0.4) is 0 Å². The highest BCUT2D eigenvalue weighted by atomic mass is 19.1. The quantitative estimate of drug-likeness (QED) is 0.552. The van der Waals surface area contributed by atoms with Gasteiger partial charge in [-0.15, -0.1) is 0 Å². The third-order valence-corrected chi connectivity index (χ3v) is 3.54. The van der Waals surface area contributed by atoms with E-state index in [0.29, 0.717) is 18.9 Å². The summed E-state index contributed by atoms with van der Waals surface area (Å²) in [6, 6.07) is 5.02. The molecule has 0 saturated carbocycles. The van der Waals surface area contributed by atoms with Crippen LogP contribution >= 0.6 is 0 Å². The van der Waals surface area contributed by atoms with Gasteiger partial charge < -0.3 is 20.4 Å². The molecular formula is C18H16FN5O3. The van der Waals surface area contributed by atoms with Crippen LogP contribution in [0, 0.1) is 5.82 Å². The van der Waals surface area contributed by atoms with Crippen LogP contribution in [-0.4, -0.2) is 34.9 Å². The Balaban J connectivity index is 1.61. The van der Waals surface area contributed by atoms with E-state index < -0.39 is 17.6 Å². The second-order valence-electron chi connectivity index (χ2n) is 5.43. The van der Waals surface area contributed by atoms with Crippen molar-refractivity contribution in [1.82, 2.24) is 15.3 Å². The topological polar surface area (TPSA) is 109 Å². The average molecular weight is 369 g/mol. The van der Waals surface area contributed by atoms with Gasteiger partial charge in [-0.1, -0.05) is 0 Å². The van der Waals surface area contributed by atoms with Crippen LogP contribution in [0.25, 0.3) is 0 Å². The zero-order valence-electron chi connectivity index (χ0n) is 14.1. The first-order chi connectivity index (χ1) is 13.1. The molecule has 8 nitrogen and oxygen atoms in total. The highest BCUT2D eigenvalue weighted by Gasteiger charge is 2.15. The van der Waals surface area contributed by atoms with Gasteiger partial charge in [0.25, 0.3) is 11.8 Å². The number of benzene rings is 1. The van der Waals surface area contributed by atoms with E-state index >= 15 is 0 Å². The molecule has 3 aromatic rings. The van der Waals surface area contributed by atoms with E-state index in [2.05, 4.69) is 25.9 Å². The predicted molar refractivity (Wildman–Crippen MR) is 95.9 cm³/mol. The first kappa shape index (κ1) is 18.1. The van der Waals surface area contributed by atoms with Crippen LogP contribution in [0.4, 0.5) is 15.9 Å². The maximum atomic E-state index is 13.6. The molecule has 0 radical (unpaired) electrons. The summed E-state index contributed by atoms with van der Waals surface area (Å²) in [6.07, 6.45) is 7.27. The number of nitrogens with one attached hydrogen (secondary N) is 3. The van der Waals surface area contributed by atoms with Crippen molar-refractivity contribution in [2.45, 2.75) is 0 Å². The number of aromatic nitrogens is 2. The number of furan rings is 1. The molecule has 3 N–H and O–H groups in total. The summed E-state index contributed by atoms with van der Waals surface area (Å²) in [5.74, 6) is -0.939. The van der Waals surface area contributed by atoms with Gasteiger partial charge in [-0.25, -0.2) is 9.37 Å². The number of hydrogen-bond donors (Lipinski definition) is 3. The van der Waals surface area contributed by atoms with Gasteiger partial charge in [-0.3, -0.25) is 14.6 Å². The van der Waals surface area contributed by atoms with E-state index in [4.69, 9.17) is 4.42 Å². The Kier molecular flexibility index (Phi) is 5.73. The summed E-state index contributed by atoms with van der Waals surface area (Å²) >= 11 is 0. The van der Waals surface area contributed by atoms with Gasteiger partial charge in [0, 0.05) is 25.5 Å². The second-order valence-corrected chi connectivity index (χ2v) is 5.43. The Bertz CT molecular complexity index is 916. The van der Waals surface area contributed by atoms with E-state index in [0.717, 1.165) is 12.1 Å². The smallest absolute Gasteiger partial charge is 0.258 e. The summed E-state index contributed by atoms with van der Waals surface area (Å²) in [5, 5.41) is 8.21. The Morgan fingerprint density at radius 2 is 2.00 bits per heavy atom. The lowest BCUT2D eigenvalue weighted by Crippen LogP contribution is -2.30. The minimum absolute atomic E-state index is 0.0700. The van der Waals surface area contributed by atoms with Gasteiger partial charge in [0.15, 0.2) is 0 Å². The van der Waals surface area contributed by atoms with E-state index in [1.807, 2.05) is 0 Å². The van der Waals surface area contributed by atoms with Crippen LogP contribution < -0.4 is 16.0 Å². The fourth-order valence-electron chi connectivity index (χ4n) is 2.26. The molecular weight excluding hydrogens is 353 g/mol. The average Bonchev–Trinajstić information content (AvgIpc) is 3.21. The lowest BCUT2D eigenvalue weighted by Gasteiger charge is -2.12. The zero-order valence-corrected chi connectivity index (χ0v) is 14.1. The van der Waals surface area contributed by atoms with Crippen molar-refractivity contribution in [2.75, 3.05) is 23.7 Å². The molecule has 138 valence electrons. The highest BCUT2D eigenvalue weighted by Crippen LogP contribution is 2.18. The molecule has 0 aliphatic carbocycles. The molecule has 9 heteroatoms. The summed E-state index contributed by atoms with van der Waals surface area (Å²) in [6.45, 7) is 0.713. The Hall–Kier alpha value is -3.75. The minimum Gasteiger partial charge on any atom is -0.472 e. The van der Waals surface area contributed by atoms with Gasteiger partial charge in [-0.2, -0.15) is 0 Å². The molecule has 0 fully saturated rings. The number of hydrogen-bond acceptors (Lipinski definition) is 6. The molecule has 0 aliphatic heterocycles. The molecule has 0 spiro atoms. The van der Waals surface area contributed by atoms with Gasteiger partial charge in [0.2, 0.25) is 0 Å². The second kappa shape index (κ2) is 8.56. The number of rotatable bonds is 7. The Morgan fingerprint density at radius 1 is 1.11 bits per heavy atom. The first-order valence-corrected chi connectivity index (χ1v) is 8.04. The molecule has 0 aliphatic rings. The van der Waals surface area contributed by atoms with Crippen LogP contribution in [0.2, 0.25) is 0 Å². The van der Waals surface area contributed by atoms with Gasteiger partial charge in [0.1, 0.15) is 17.9 Å². The first-order valence-electron chi connectivity index (χ1n) is 8.04. The molecule has 0 atom stereocenters. The molecule has 0 saturated heterocycles. The lowest BCUT2D eigenvalue weighted by molar-refractivity contribution is 0.0956. The molecule has 2 aromatic heterocycles. The van der Waals surface area contributed by atoms with Crippen LogP contribution in [0.1, 0.15) is 20.7 Å². The SMILES string of the molecule is O=C(Nc1cc(F)ccc1C(=O)NCCNc1cnccn1)c1ccoc1. The molecule has 0 bridgehead atoms. The molecule has 1 aromatic carbocycles. The summed E-state index contributed by atoms with van der Waals surface area (Å²) in [4.78, 5) is 32.5. The maximum absolute atomic E-state index is 13.6. The van der Waals surface area contributed by atoms with E-state index in [9.17, 15) is 14.0 Å². The van der Waals surface area contributed by atoms with Gasteiger partial charge in [-0.05, 0) is 24.3 Å². The van der Waals surface area contributed by atoms with E-state index in [-0.39, 0.29) is 16.8 Å². The van der Waals surface area contributed by atoms with Crippen molar-refractivity contribution >= 4 is 23.3 Å². The minimum atomic E-state index is -0.571. The number of carbonyl (C=O) groups is 2. The number of anilines is 2. The van der Waals surface area contributed by atoms with E-state index in [1.54, 1.807) is 18.6 Å².